The number of aryl methyl sites for hydroxylation is 1. The van der Waals surface area contributed by atoms with Gasteiger partial charge in [0.1, 0.15) is 6.33 Å². The molecule has 162 valence electrons. The standard InChI is InChI=1S/C21H24N6O3S/c28-18(6-8-27-14-22-23-24-27)26-7-5-15(13-26)19-16-3-1-2-4-17(16)31-20(19)21(29)25-9-11-30-12-10-25/h1-4,14-15H,5-13H2/t15-/m1/s1. The highest BCUT2D eigenvalue weighted by atomic mass is 32.1. The van der Waals surface area contributed by atoms with E-state index in [0.29, 0.717) is 52.4 Å². The van der Waals surface area contributed by atoms with Gasteiger partial charge in [-0.15, -0.1) is 16.4 Å². The Morgan fingerprint density at radius 3 is 2.77 bits per heavy atom. The number of hydrogen-bond donors (Lipinski definition) is 0. The van der Waals surface area contributed by atoms with E-state index in [1.54, 1.807) is 16.0 Å². The van der Waals surface area contributed by atoms with E-state index < -0.39 is 0 Å². The lowest BCUT2D eigenvalue weighted by Gasteiger charge is -2.27. The summed E-state index contributed by atoms with van der Waals surface area (Å²) in [4.78, 5) is 30.7. The van der Waals surface area contributed by atoms with Gasteiger partial charge in [0.15, 0.2) is 0 Å². The third kappa shape index (κ3) is 4.05. The SMILES string of the molecule is O=C(CCn1cnnn1)N1CC[C@@H](c2c(C(=O)N3CCOCC3)sc3ccccc23)C1. The molecule has 0 unspecified atom stereocenters. The maximum atomic E-state index is 13.4. The van der Waals surface area contributed by atoms with Gasteiger partial charge in [-0.3, -0.25) is 9.59 Å². The summed E-state index contributed by atoms with van der Waals surface area (Å²) in [5, 5.41) is 12.2. The largest absolute Gasteiger partial charge is 0.378 e. The summed E-state index contributed by atoms with van der Waals surface area (Å²) in [7, 11) is 0. The Labute approximate surface area is 183 Å². The molecule has 0 aliphatic carbocycles. The van der Waals surface area contributed by atoms with Gasteiger partial charge in [-0.2, -0.15) is 0 Å². The Kier molecular flexibility index (Phi) is 5.65. The zero-order valence-electron chi connectivity index (χ0n) is 17.1. The van der Waals surface area contributed by atoms with Crippen LogP contribution >= 0.6 is 11.3 Å². The number of amides is 2. The van der Waals surface area contributed by atoms with Crippen molar-refractivity contribution in [3.8, 4) is 0 Å². The number of likely N-dealkylation sites (tertiary alicyclic amines) is 1. The van der Waals surface area contributed by atoms with Gasteiger partial charge in [0.25, 0.3) is 5.91 Å². The summed E-state index contributed by atoms with van der Waals surface area (Å²) in [5.74, 6) is 0.342. The minimum Gasteiger partial charge on any atom is -0.378 e. The molecule has 0 spiro atoms. The smallest absolute Gasteiger partial charge is 0.264 e. The van der Waals surface area contributed by atoms with E-state index in [2.05, 4.69) is 27.7 Å². The average molecular weight is 441 g/mol. The Hall–Kier alpha value is -2.85. The van der Waals surface area contributed by atoms with Crippen LogP contribution in [-0.2, 0) is 16.1 Å². The number of nitrogens with zero attached hydrogens (tertiary/aromatic N) is 6. The van der Waals surface area contributed by atoms with Crippen LogP contribution in [0.4, 0.5) is 0 Å². The molecule has 2 amide bonds. The molecule has 4 heterocycles. The lowest BCUT2D eigenvalue weighted by molar-refractivity contribution is -0.130. The highest BCUT2D eigenvalue weighted by Crippen LogP contribution is 2.40. The van der Waals surface area contributed by atoms with Gasteiger partial charge in [-0.1, -0.05) is 18.2 Å². The van der Waals surface area contributed by atoms with Gasteiger partial charge in [-0.25, -0.2) is 4.68 Å². The van der Waals surface area contributed by atoms with Gasteiger partial charge < -0.3 is 14.5 Å². The minimum atomic E-state index is 0.0861. The number of benzene rings is 1. The van der Waals surface area contributed by atoms with E-state index >= 15 is 0 Å². The second-order valence-corrected chi connectivity index (χ2v) is 8.95. The van der Waals surface area contributed by atoms with Crippen LogP contribution < -0.4 is 0 Å². The van der Waals surface area contributed by atoms with Crippen LogP contribution in [0.25, 0.3) is 10.1 Å². The lowest BCUT2D eigenvalue weighted by Crippen LogP contribution is -2.40. The second-order valence-electron chi connectivity index (χ2n) is 7.89. The van der Waals surface area contributed by atoms with E-state index in [0.717, 1.165) is 26.9 Å². The number of rotatable bonds is 5. The number of ether oxygens (including phenoxy) is 1. The van der Waals surface area contributed by atoms with E-state index in [9.17, 15) is 9.59 Å². The highest BCUT2D eigenvalue weighted by molar-refractivity contribution is 7.21. The molecular weight excluding hydrogens is 416 g/mol. The fourth-order valence-electron chi connectivity index (χ4n) is 4.41. The molecule has 9 nitrogen and oxygen atoms in total. The molecular formula is C21H24N6O3S. The molecule has 2 aliphatic heterocycles. The molecule has 5 rings (SSSR count). The van der Waals surface area contributed by atoms with Crippen LogP contribution in [0, 0.1) is 0 Å². The van der Waals surface area contributed by atoms with Crippen LogP contribution in [0.15, 0.2) is 30.6 Å². The molecule has 31 heavy (non-hydrogen) atoms. The predicted octanol–water partition coefficient (Wildman–Crippen LogP) is 1.77. The summed E-state index contributed by atoms with van der Waals surface area (Å²) in [6.07, 6.45) is 2.74. The van der Waals surface area contributed by atoms with Crippen molar-refractivity contribution >= 4 is 33.2 Å². The highest BCUT2D eigenvalue weighted by Gasteiger charge is 2.33. The van der Waals surface area contributed by atoms with Crippen molar-refractivity contribution in [2.45, 2.75) is 25.3 Å². The molecule has 2 fully saturated rings. The maximum absolute atomic E-state index is 13.4. The zero-order valence-corrected chi connectivity index (χ0v) is 18.0. The third-order valence-electron chi connectivity index (χ3n) is 6.02. The second kappa shape index (κ2) is 8.72. The Balaban J connectivity index is 1.36. The fraction of sp³-hybridized carbons (Fsp3) is 0.476. The first-order chi connectivity index (χ1) is 15.2. The number of carbonyl (C=O) groups excluding carboxylic acids is 2. The topological polar surface area (TPSA) is 93.5 Å². The lowest BCUT2D eigenvalue weighted by atomic mass is 9.94. The van der Waals surface area contributed by atoms with Crippen molar-refractivity contribution in [2.24, 2.45) is 0 Å². The summed E-state index contributed by atoms with van der Waals surface area (Å²) in [6, 6.07) is 8.20. The molecule has 2 aromatic heterocycles. The van der Waals surface area contributed by atoms with Crippen LogP contribution in [0.3, 0.4) is 0 Å². The molecule has 1 aromatic carbocycles. The summed E-state index contributed by atoms with van der Waals surface area (Å²) in [5.41, 5.74) is 1.10. The number of hydrogen-bond acceptors (Lipinski definition) is 7. The van der Waals surface area contributed by atoms with Crippen molar-refractivity contribution in [3.63, 3.8) is 0 Å². The average Bonchev–Trinajstić information content (AvgIpc) is 3.56. The zero-order chi connectivity index (χ0) is 21.2. The molecule has 0 radical (unpaired) electrons. The molecule has 2 saturated heterocycles. The Morgan fingerprint density at radius 2 is 1.97 bits per heavy atom. The van der Waals surface area contributed by atoms with Gasteiger partial charge in [0.2, 0.25) is 5.91 Å². The van der Waals surface area contributed by atoms with Crippen molar-refractivity contribution in [2.75, 3.05) is 39.4 Å². The van der Waals surface area contributed by atoms with Gasteiger partial charge >= 0.3 is 0 Å². The molecule has 2 aliphatic rings. The van der Waals surface area contributed by atoms with Crippen molar-refractivity contribution < 1.29 is 14.3 Å². The monoisotopic (exact) mass is 440 g/mol. The van der Waals surface area contributed by atoms with E-state index in [-0.39, 0.29) is 17.7 Å². The number of thiophene rings is 1. The molecule has 1 atom stereocenters. The Morgan fingerprint density at radius 1 is 1.13 bits per heavy atom. The quantitative estimate of drug-likeness (QED) is 0.600. The number of tetrazole rings is 1. The van der Waals surface area contributed by atoms with Crippen molar-refractivity contribution in [3.05, 3.63) is 41.0 Å². The van der Waals surface area contributed by atoms with Crippen molar-refractivity contribution in [1.82, 2.24) is 30.0 Å². The summed E-state index contributed by atoms with van der Waals surface area (Å²) >= 11 is 1.57. The molecule has 3 aromatic rings. The van der Waals surface area contributed by atoms with Crippen molar-refractivity contribution in [1.29, 1.82) is 0 Å². The number of morpholine rings is 1. The first kappa shape index (κ1) is 20.1. The van der Waals surface area contributed by atoms with Gasteiger partial charge in [0.05, 0.1) is 24.6 Å². The minimum absolute atomic E-state index is 0.0861. The number of fused-ring (bicyclic) bond motifs is 1. The number of aromatic nitrogens is 4. The summed E-state index contributed by atoms with van der Waals surface area (Å²) < 4.78 is 8.11. The van der Waals surface area contributed by atoms with E-state index in [1.807, 2.05) is 21.9 Å². The molecule has 0 bridgehead atoms. The molecule has 0 N–H and O–H groups in total. The van der Waals surface area contributed by atoms with Crippen LogP contribution in [0.2, 0.25) is 0 Å². The normalized spacial score (nSPS) is 19.3. The summed E-state index contributed by atoms with van der Waals surface area (Å²) in [6.45, 7) is 4.22. The van der Waals surface area contributed by atoms with Crippen LogP contribution in [-0.4, -0.2) is 81.2 Å². The van der Waals surface area contributed by atoms with Gasteiger partial charge in [-0.05, 0) is 33.9 Å². The third-order valence-corrected chi connectivity index (χ3v) is 7.20. The van der Waals surface area contributed by atoms with Crippen LogP contribution in [0.5, 0.6) is 0 Å². The predicted molar refractivity (Wildman–Crippen MR) is 115 cm³/mol. The molecule has 10 heteroatoms. The number of carbonyl (C=O) groups is 2. The van der Waals surface area contributed by atoms with E-state index in [4.69, 9.17) is 4.74 Å². The first-order valence-electron chi connectivity index (χ1n) is 10.6. The molecule has 0 saturated carbocycles. The first-order valence-corrected chi connectivity index (χ1v) is 11.4. The van der Waals surface area contributed by atoms with Gasteiger partial charge in [0, 0.05) is 43.2 Å². The fourth-order valence-corrected chi connectivity index (χ4v) is 5.67. The van der Waals surface area contributed by atoms with Crippen LogP contribution in [0.1, 0.15) is 34.0 Å². The Bertz CT molecular complexity index is 1080. The van der Waals surface area contributed by atoms with E-state index in [1.165, 1.54) is 6.33 Å². The maximum Gasteiger partial charge on any atom is 0.264 e.